The van der Waals surface area contributed by atoms with Crippen LogP contribution in [0.5, 0.6) is 5.75 Å². The van der Waals surface area contributed by atoms with Gasteiger partial charge in [0.1, 0.15) is 5.75 Å². The minimum absolute atomic E-state index is 0.721. The molecule has 2 rings (SSSR count). The van der Waals surface area contributed by atoms with Crippen LogP contribution in [0.4, 0.5) is 0 Å². The first-order valence-electron chi connectivity index (χ1n) is 6.78. The van der Waals surface area contributed by atoms with Gasteiger partial charge in [-0.15, -0.1) is 0 Å². The van der Waals surface area contributed by atoms with Crippen molar-refractivity contribution in [3.63, 3.8) is 0 Å². The predicted octanol–water partition coefficient (Wildman–Crippen LogP) is 3.78. The van der Waals surface area contributed by atoms with Gasteiger partial charge in [-0.3, -0.25) is 0 Å². The van der Waals surface area contributed by atoms with E-state index in [2.05, 4.69) is 40.3 Å². The van der Waals surface area contributed by atoms with Gasteiger partial charge in [0, 0.05) is 10.5 Å². The Morgan fingerprint density at radius 1 is 1.39 bits per heavy atom. The lowest BCUT2D eigenvalue weighted by molar-refractivity contribution is 0.403. The van der Waals surface area contributed by atoms with Gasteiger partial charge in [-0.25, -0.2) is 0 Å². The molecule has 2 atom stereocenters. The van der Waals surface area contributed by atoms with Crippen molar-refractivity contribution in [3.05, 3.63) is 28.2 Å². The fourth-order valence-corrected chi connectivity index (χ4v) is 3.36. The Hall–Kier alpha value is -0.540. The summed E-state index contributed by atoms with van der Waals surface area (Å²) >= 11 is 3.54. The molecule has 0 aliphatic heterocycles. The molecular formula is C15H22BrNO. The number of ether oxygens (including phenoxy) is 1. The lowest BCUT2D eigenvalue weighted by Gasteiger charge is -2.14. The topological polar surface area (TPSA) is 21.3 Å². The fourth-order valence-electron chi connectivity index (χ4n) is 2.95. The van der Waals surface area contributed by atoms with E-state index in [1.54, 1.807) is 7.11 Å². The van der Waals surface area contributed by atoms with Crippen molar-refractivity contribution in [2.75, 3.05) is 13.7 Å². The Morgan fingerprint density at radius 3 is 2.94 bits per heavy atom. The molecule has 18 heavy (non-hydrogen) atoms. The average Bonchev–Trinajstić information content (AvgIpc) is 2.77. The summed E-state index contributed by atoms with van der Waals surface area (Å²) in [5.74, 6) is 1.81. The normalized spacial score (nSPS) is 23.3. The van der Waals surface area contributed by atoms with Crippen LogP contribution >= 0.6 is 15.9 Å². The molecule has 1 N–H and O–H groups in total. The highest BCUT2D eigenvalue weighted by Gasteiger charge is 2.24. The van der Waals surface area contributed by atoms with Crippen molar-refractivity contribution in [1.82, 2.24) is 5.32 Å². The molecule has 1 aromatic rings. The van der Waals surface area contributed by atoms with E-state index in [-0.39, 0.29) is 0 Å². The van der Waals surface area contributed by atoms with Crippen molar-refractivity contribution >= 4 is 15.9 Å². The first-order valence-corrected chi connectivity index (χ1v) is 7.58. The van der Waals surface area contributed by atoms with Gasteiger partial charge in [-0.1, -0.05) is 22.9 Å². The predicted molar refractivity (Wildman–Crippen MR) is 79.2 cm³/mol. The monoisotopic (exact) mass is 311 g/mol. The summed E-state index contributed by atoms with van der Waals surface area (Å²) in [7, 11) is 1.75. The molecule has 1 fully saturated rings. The molecule has 0 bridgehead atoms. The summed E-state index contributed by atoms with van der Waals surface area (Å²) in [6, 6.07) is 7.01. The molecule has 100 valence electrons. The molecule has 2 unspecified atom stereocenters. The van der Waals surface area contributed by atoms with Crippen molar-refractivity contribution < 1.29 is 4.74 Å². The maximum absolute atomic E-state index is 5.45. The summed E-state index contributed by atoms with van der Waals surface area (Å²) < 4.78 is 6.59. The summed E-state index contributed by atoms with van der Waals surface area (Å²) in [5, 5.41) is 3.56. The second-order valence-corrected chi connectivity index (χ2v) is 6.01. The van der Waals surface area contributed by atoms with E-state index >= 15 is 0 Å². The van der Waals surface area contributed by atoms with Crippen LogP contribution in [0.3, 0.4) is 0 Å². The van der Waals surface area contributed by atoms with E-state index in [0.29, 0.717) is 0 Å². The summed E-state index contributed by atoms with van der Waals surface area (Å²) in [4.78, 5) is 0. The molecule has 1 aliphatic carbocycles. The number of rotatable bonds is 5. The standard InChI is InChI=1S/C15H22BrNO/c1-3-17-14-6-4-11(9-14)8-12-10-13(16)5-7-15(12)18-2/h5,7,10-11,14,17H,3-4,6,8-9H2,1-2H3. The fraction of sp³-hybridized carbons (Fsp3) is 0.600. The van der Waals surface area contributed by atoms with E-state index in [1.807, 2.05) is 6.07 Å². The van der Waals surface area contributed by atoms with Crippen LogP contribution in [0.15, 0.2) is 22.7 Å². The molecule has 1 aromatic carbocycles. The van der Waals surface area contributed by atoms with Gasteiger partial charge < -0.3 is 10.1 Å². The number of halogens is 1. The SMILES string of the molecule is CCNC1CCC(Cc2cc(Br)ccc2OC)C1. The number of nitrogens with one attached hydrogen (secondary N) is 1. The summed E-state index contributed by atoms with van der Waals surface area (Å²) in [6.07, 6.45) is 5.07. The van der Waals surface area contributed by atoms with Gasteiger partial charge in [0.15, 0.2) is 0 Å². The van der Waals surface area contributed by atoms with Crippen LogP contribution in [0.2, 0.25) is 0 Å². The van der Waals surface area contributed by atoms with Crippen LogP contribution in [0, 0.1) is 5.92 Å². The molecule has 0 spiro atoms. The van der Waals surface area contributed by atoms with Gasteiger partial charge in [-0.2, -0.15) is 0 Å². The van der Waals surface area contributed by atoms with Gasteiger partial charge in [0.25, 0.3) is 0 Å². The quantitative estimate of drug-likeness (QED) is 0.893. The van der Waals surface area contributed by atoms with Crippen LogP contribution in [-0.4, -0.2) is 19.7 Å². The largest absolute Gasteiger partial charge is 0.496 e. The van der Waals surface area contributed by atoms with Crippen molar-refractivity contribution in [3.8, 4) is 5.75 Å². The Bertz CT molecular complexity index is 394. The van der Waals surface area contributed by atoms with E-state index in [4.69, 9.17) is 4.74 Å². The van der Waals surface area contributed by atoms with E-state index in [1.165, 1.54) is 24.8 Å². The van der Waals surface area contributed by atoms with Crippen LogP contribution < -0.4 is 10.1 Å². The van der Waals surface area contributed by atoms with Crippen LogP contribution in [0.1, 0.15) is 31.7 Å². The lowest BCUT2D eigenvalue weighted by Crippen LogP contribution is -2.25. The second-order valence-electron chi connectivity index (χ2n) is 5.09. The molecule has 0 aromatic heterocycles. The Kier molecular flexibility index (Phi) is 5.07. The highest BCUT2D eigenvalue weighted by Crippen LogP contribution is 2.32. The second kappa shape index (κ2) is 6.58. The van der Waals surface area contributed by atoms with Gasteiger partial charge in [0.05, 0.1) is 7.11 Å². The van der Waals surface area contributed by atoms with E-state index in [0.717, 1.165) is 35.1 Å². The average molecular weight is 312 g/mol. The number of hydrogen-bond donors (Lipinski definition) is 1. The zero-order chi connectivity index (χ0) is 13.0. The molecule has 0 radical (unpaired) electrons. The van der Waals surface area contributed by atoms with Gasteiger partial charge in [-0.05, 0) is 61.9 Å². The van der Waals surface area contributed by atoms with Gasteiger partial charge in [0.2, 0.25) is 0 Å². The first-order chi connectivity index (χ1) is 8.72. The first kappa shape index (κ1) is 13.9. The minimum Gasteiger partial charge on any atom is -0.496 e. The van der Waals surface area contributed by atoms with Crippen LogP contribution in [0.25, 0.3) is 0 Å². The molecule has 0 heterocycles. The molecule has 1 aliphatic rings. The third-order valence-electron chi connectivity index (χ3n) is 3.79. The maximum atomic E-state index is 5.45. The molecule has 0 saturated heterocycles. The lowest BCUT2D eigenvalue weighted by atomic mass is 9.97. The maximum Gasteiger partial charge on any atom is 0.122 e. The third kappa shape index (κ3) is 3.48. The smallest absolute Gasteiger partial charge is 0.122 e. The van der Waals surface area contributed by atoms with Crippen molar-refractivity contribution in [2.45, 2.75) is 38.6 Å². The zero-order valence-electron chi connectivity index (χ0n) is 11.2. The Morgan fingerprint density at radius 2 is 2.22 bits per heavy atom. The number of hydrogen-bond acceptors (Lipinski definition) is 2. The van der Waals surface area contributed by atoms with Crippen LogP contribution in [-0.2, 0) is 6.42 Å². The molecule has 2 nitrogen and oxygen atoms in total. The highest BCUT2D eigenvalue weighted by molar-refractivity contribution is 9.10. The zero-order valence-corrected chi connectivity index (χ0v) is 12.8. The highest BCUT2D eigenvalue weighted by atomic mass is 79.9. The molecule has 3 heteroatoms. The van der Waals surface area contributed by atoms with Crippen molar-refractivity contribution in [2.24, 2.45) is 5.92 Å². The Balaban J connectivity index is 1.99. The van der Waals surface area contributed by atoms with Crippen molar-refractivity contribution in [1.29, 1.82) is 0 Å². The molecular weight excluding hydrogens is 290 g/mol. The Labute approximate surface area is 118 Å². The third-order valence-corrected chi connectivity index (χ3v) is 4.28. The van der Waals surface area contributed by atoms with E-state index in [9.17, 15) is 0 Å². The van der Waals surface area contributed by atoms with E-state index < -0.39 is 0 Å². The minimum atomic E-state index is 0.721. The molecule has 0 amide bonds. The molecule has 1 saturated carbocycles. The summed E-state index contributed by atoms with van der Waals surface area (Å²) in [6.45, 7) is 3.27. The number of methoxy groups -OCH3 is 1. The van der Waals surface area contributed by atoms with Gasteiger partial charge >= 0.3 is 0 Å². The summed E-state index contributed by atoms with van der Waals surface area (Å²) in [5.41, 5.74) is 1.33. The number of benzene rings is 1.